The first-order valence-electron chi connectivity index (χ1n) is 9.06. The summed E-state index contributed by atoms with van der Waals surface area (Å²) >= 11 is 0. The van der Waals surface area contributed by atoms with E-state index < -0.39 is 27.1 Å². The van der Waals surface area contributed by atoms with Crippen molar-refractivity contribution in [3.63, 3.8) is 0 Å². The maximum absolute atomic E-state index is 13.0. The molecule has 1 aliphatic heterocycles. The smallest absolute Gasteiger partial charge is 0.445 e. The number of hydrogen-bond donors (Lipinski definition) is 2. The van der Waals surface area contributed by atoms with Crippen molar-refractivity contribution >= 4 is 21.0 Å². The number of H-pyrrole nitrogens is 2. The molecule has 1 atom stereocenters. The predicted molar refractivity (Wildman–Crippen MR) is 107 cm³/mol. The maximum atomic E-state index is 13.0. The average Bonchev–Trinajstić information content (AvgIpc) is 3.16. The second-order valence-corrected chi connectivity index (χ2v) is 8.31. The molecule has 30 heavy (non-hydrogen) atoms. The Labute approximate surface area is 171 Å². The molecule has 0 spiro atoms. The van der Waals surface area contributed by atoms with Crippen LogP contribution in [0.1, 0.15) is 11.4 Å². The van der Waals surface area contributed by atoms with Gasteiger partial charge >= 0.3 is 21.0 Å². The number of para-hydroxylation sites is 2. The lowest BCUT2D eigenvalue weighted by molar-refractivity contribution is 0.165. The first kappa shape index (κ1) is 19.7. The van der Waals surface area contributed by atoms with Crippen molar-refractivity contribution in [2.24, 2.45) is 0 Å². The van der Waals surface area contributed by atoms with Crippen molar-refractivity contribution in [3.8, 4) is 5.75 Å². The summed E-state index contributed by atoms with van der Waals surface area (Å²) in [5.74, 6) is 0.611. The van der Waals surface area contributed by atoms with Gasteiger partial charge in [0.05, 0.1) is 12.2 Å². The van der Waals surface area contributed by atoms with Crippen LogP contribution in [0.5, 0.6) is 5.75 Å². The standard InChI is InChI=1S/C19H18N4O6S/c24-18-20-17(21-22-18)10-14-11-23(15-8-4-5-9-16(15)29-14)30(26,27)19(25)28-12-13-6-2-1-3-7-13/h1-9,14H,10-12H2,(H2,20,21,22,24)/t14-/m0/s1. The van der Waals surface area contributed by atoms with E-state index in [1.165, 1.54) is 0 Å². The van der Waals surface area contributed by atoms with Crippen molar-refractivity contribution in [1.29, 1.82) is 0 Å². The van der Waals surface area contributed by atoms with Gasteiger partial charge in [0.1, 0.15) is 24.3 Å². The molecule has 3 aromatic rings. The summed E-state index contributed by atoms with van der Waals surface area (Å²) in [5, 5.41) is 3.57. The first-order chi connectivity index (χ1) is 14.4. The molecular formula is C19H18N4O6S. The zero-order valence-corrected chi connectivity index (χ0v) is 16.5. The number of aromatic amines is 2. The Morgan fingerprint density at radius 2 is 1.87 bits per heavy atom. The van der Waals surface area contributed by atoms with E-state index in [-0.39, 0.29) is 25.3 Å². The summed E-state index contributed by atoms with van der Waals surface area (Å²) in [6, 6.07) is 15.3. The molecule has 156 valence electrons. The van der Waals surface area contributed by atoms with Crippen LogP contribution in [0.4, 0.5) is 10.5 Å². The lowest BCUT2D eigenvalue weighted by Gasteiger charge is -2.34. The molecule has 0 unspecified atom stereocenters. The zero-order chi connectivity index (χ0) is 21.1. The summed E-state index contributed by atoms with van der Waals surface area (Å²) in [6.45, 7) is -0.308. The van der Waals surface area contributed by atoms with Gasteiger partial charge in [-0.3, -0.25) is 9.40 Å². The minimum Gasteiger partial charge on any atom is -0.486 e. The summed E-state index contributed by atoms with van der Waals surface area (Å²) in [7, 11) is -4.47. The van der Waals surface area contributed by atoms with Crippen LogP contribution in [-0.2, 0) is 27.8 Å². The number of benzene rings is 2. The van der Waals surface area contributed by atoms with Gasteiger partial charge in [-0.25, -0.2) is 14.7 Å². The Morgan fingerprint density at radius 3 is 2.60 bits per heavy atom. The van der Waals surface area contributed by atoms with Crippen molar-refractivity contribution in [2.45, 2.75) is 19.1 Å². The summed E-state index contributed by atoms with van der Waals surface area (Å²) < 4.78 is 37.8. The summed E-state index contributed by atoms with van der Waals surface area (Å²) in [5.41, 5.74) is 0.361. The molecule has 2 heterocycles. The fraction of sp³-hybridized carbons (Fsp3) is 0.211. The number of hydrogen-bond acceptors (Lipinski definition) is 7. The highest BCUT2D eigenvalue weighted by Crippen LogP contribution is 2.35. The van der Waals surface area contributed by atoms with Crippen molar-refractivity contribution in [3.05, 3.63) is 76.5 Å². The molecule has 0 saturated carbocycles. The summed E-state index contributed by atoms with van der Waals surface area (Å²) in [4.78, 5) is 27.4. The topological polar surface area (TPSA) is 134 Å². The monoisotopic (exact) mass is 430 g/mol. The van der Waals surface area contributed by atoms with Gasteiger partial charge in [0.15, 0.2) is 0 Å². The van der Waals surface area contributed by atoms with Crippen molar-refractivity contribution < 1.29 is 22.7 Å². The Balaban J connectivity index is 1.56. The van der Waals surface area contributed by atoms with Gasteiger partial charge in [0.2, 0.25) is 0 Å². The lowest BCUT2D eigenvalue weighted by Crippen LogP contribution is -2.47. The van der Waals surface area contributed by atoms with Crippen molar-refractivity contribution in [2.75, 3.05) is 10.8 Å². The lowest BCUT2D eigenvalue weighted by atomic mass is 10.2. The van der Waals surface area contributed by atoms with E-state index in [2.05, 4.69) is 15.2 Å². The number of carbonyl (C=O) groups excluding carboxylic acids is 1. The quantitative estimate of drug-likeness (QED) is 0.587. The highest BCUT2D eigenvalue weighted by molar-refractivity contribution is 8.06. The molecule has 0 amide bonds. The van der Waals surface area contributed by atoms with Crippen LogP contribution < -0.4 is 14.7 Å². The third-order valence-corrected chi connectivity index (χ3v) is 5.93. The van der Waals surface area contributed by atoms with Crippen LogP contribution in [0, 0.1) is 0 Å². The molecule has 0 radical (unpaired) electrons. The Bertz CT molecular complexity index is 1200. The molecule has 2 N–H and O–H groups in total. The zero-order valence-electron chi connectivity index (χ0n) is 15.6. The van der Waals surface area contributed by atoms with Gasteiger partial charge in [-0.15, -0.1) is 0 Å². The van der Waals surface area contributed by atoms with Gasteiger partial charge < -0.3 is 9.47 Å². The van der Waals surface area contributed by atoms with Crippen LogP contribution in [0.25, 0.3) is 0 Å². The fourth-order valence-electron chi connectivity index (χ4n) is 3.09. The fourth-order valence-corrected chi connectivity index (χ4v) is 4.25. The first-order valence-corrected chi connectivity index (χ1v) is 10.5. The second-order valence-electron chi connectivity index (χ2n) is 6.59. The summed E-state index contributed by atoms with van der Waals surface area (Å²) in [6.07, 6.45) is -0.534. The van der Waals surface area contributed by atoms with E-state index in [9.17, 15) is 18.0 Å². The molecule has 4 rings (SSSR count). The second kappa shape index (κ2) is 8.03. The molecule has 2 aromatic carbocycles. The Hall–Kier alpha value is -3.60. The van der Waals surface area contributed by atoms with Gasteiger partial charge in [-0.05, 0) is 17.7 Å². The predicted octanol–water partition coefficient (Wildman–Crippen LogP) is 1.57. The number of ether oxygens (including phenoxy) is 2. The number of anilines is 1. The molecule has 1 aliphatic rings. The van der Waals surface area contributed by atoms with Gasteiger partial charge in [0.25, 0.3) is 0 Å². The third kappa shape index (κ3) is 4.06. The van der Waals surface area contributed by atoms with E-state index in [0.717, 1.165) is 4.31 Å². The minimum absolute atomic E-state index is 0.137. The number of fused-ring (bicyclic) bond motifs is 1. The molecule has 1 aromatic heterocycles. The highest BCUT2D eigenvalue weighted by atomic mass is 32.2. The molecule has 0 aliphatic carbocycles. The van der Waals surface area contributed by atoms with Crippen LogP contribution in [0.15, 0.2) is 59.4 Å². The molecule has 0 saturated heterocycles. The van der Waals surface area contributed by atoms with Gasteiger partial charge in [0, 0.05) is 6.42 Å². The van der Waals surface area contributed by atoms with Crippen LogP contribution in [-0.4, -0.2) is 41.5 Å². The number of rotatable bonds is 5. The van der Waals surface area contributed by atoms with E-state index in [1.54, 1.807) is 54.6 Å². The van der Waals surface area contributed by atoms with E-state index in [0.29, 0.717) is 17.1 Å². The Morgan fingerprint density at radius 1 is 1.13 bits per heavy atom. The third-order valence-electron chi connectivity index (χ3n) is 4.47. The maximum Gasteiger partial charge on any atom is 0.445 e. The number of nitrogens with one attached hydrogen (secondary N) is 2. The SMILES string of the molecule is O=C(OCc1ccccc1)S(=O)(=O)N1C[C@H](Cc2nc(=O)[nH][nH]2)Oc2ccccc21. The van der Waals surface area contributed by atoms with Gasteiger partial charge in [-0.2, -0.15) is 13.4 Å². The number of nitrogens with zero attached hydrogens (tertiary/aromatic N) is 2. The molecule has 0 bridgehead atoms. The van der Waals surface area contributed by atoms with E-state index in [1.807, 2.05) is 0 Å². The largest absolute Gasteiger partial charge is 0.486 e. The normalized spacial score (nSPS) is 15.9. The molecular weight excluding hydrogens is 412 g/mol. The van der Waals surface area contributed by atoms with Crippen LogP contribution >= 0.6 is 0 Å². The molecule has 11 heteroatoms. The number of sulfonamides is 1. The van der Waals surface area contributed by atoms with E-state index in [4.69, 9.17) is 9.47 Å². The number of carbonyl (C=O) groups is 1. The Kier molecular flexibility index (Phi) is 5.27. The van der Waals surface area contributed by atoms with Crippen molar-refractivity contribution in [1.82, 2.24) is 15.2 Å². The number of aromatic nitrogens is 3. The minimum atomic E-state index is -4.47. The molecule has 10 nitrogen and oxygen atoms in total. The average molecular weight is 430 g/mol. The van der Waals surface area contributed by atoms with Gasteiger partial charge in [-0.1, -0.05) is 42.5 Å². The van der Waals surface area contributed by atoms with Crippen LogP contribution in [0.2, 0.25) is 0 Å². The van der Waals surface area contributed by atoms with Crippen LogP contribution in [0.3, 0.4) is 0 Å². The highest BCUT2D eigenvalue weighted by Gasteiger charge is 2.39. The molecule has 0 fully saturated rings. The van der Waals surface area contributed by atoms with E-state index >= 15 is 0 Å².